The summed E-state index contributed by atoms with van der Waals surface area (Å²) in [4.78, 5) is 23.0. The van der Waals surface area contributed by atoms with Crippen molar-refractivity contribution < 1.29 is 4.79 Å². The van der Waals surface area contributed by atoms with E-state index in [1.165, 1.54) is 12.8 Å². The molecule has 1 saturated heterocycles. The lowest BCUT2D eigenvalue weighted by atomic mass is 9.66. The lowest BCUT2D eigenvalue weighted by molar-refractivity contribution is -0.128. The molecule has 3 rings (SSSR count). The van der Waals surface area contributed by atoms with Gasteiger partial charge in [-0.2, -0.15) is 4.99 Å². The third-order valence-corrected chi connectivity index (χ3v) is 6.51. The summed E-state index contributed by atoms with van der Waals surface area (Å²) in [5, 5.41) is 0. The van der Waals surface area contributed by atoms with Crippen LogP contribution >= 0.6 is 0 Å². The zero-order valence-electron chi connectivity index (χ0n) is 17.6. The van der Waals surface area contributed by atoms with E-state index in [0.717, 1.165) is 37.3 Å². The van der Waals surface area contributed by atoms with Crippen molar-refractivity contribution in [2.45, 2.75) is 83.8 Å². The molecule has 0 N–H and O–H groups in total. The molecule has 1 fully saturated rings. The summed E-state index contributed by atoms with van der Waals surface area (Å²) in [6.07, 6.45) is 4.27. The molecule has 0 bridgehead atoms. The Labute approximate surface area is 164 Å². The van der Waals surface area contributed by atoms with Gasteiger partial charge in [0.25, 0.3) is 5.91 Å². The third-order valence-electron chi connectivity index (χ3n) is 6.51. The molecule has 0 aliphatic carbocycles. The maximum atomic E-state index is 13.5. The van der Waals surface area contributed by atoms with Gasteiger partial charge in [0.2, 0.25) is 0 Å². The molecule has 1 aromatic rings. The molecule has 0 radical (unpaired) electrons. The Morgan fingerprint density at radius 1 is 1.15 bits per heavy atom. The molecular formula is C23H35N3O. The summed E-state index contributed by atoms with van der Waals surface area (Å²) >= 11 is 0. The first kappa shape index (κ1) is 20.1. The molecule has 0 aromatic heterocycles. The molecule has 2 aliphatic rings. The minimum absolute atomic E-state index is 0.0572. The highest BCUT2D eigenvalue weighted by atomic mass is 16.2. The van der Waals surface area contributed by atoms with E-state index < -0.39 is 5.41 Å². The number of amides is 1. The highest BCUT2D eigenvalue weighted by molar-refractivity contribution is 6.02. The van der Waals surface area contributed by atoms with Crippen LogP contribution in [0.25, 0.3) is 0 Å². The Bertz CT molecular complexity index is 674. The van der Waals surface area contributed by atoms with E-state index >= 15 is 0 Å². The highest BCUT2D eigenvalue weighted by Gasteiger charge is 2.52. The molecule has 4 nitrogen and oxygen atoms in total. The van der Waals surface area contributed by atoms with Crippen molar-refractivity contribution in [1.82, 2.24) is 9.80 Å². The fraction of sp³-hybridized carbons (Fsp3) is 0.652. The van der Waals surface area contributed by atoms with Crippen molar-refractivity contribution in [3.8, 4) is 0 Å². The van der Waals surface area contributed by atoms with Crippen LogP contribution in [0.2, 0.25) is 0 Å². The third kappa shape index (κ3) is 3.69. The quantitative estimate of drug-likeness (QED) is 0.752. The maximum Gasteiger partial charge on any atom is 0.260 e. The largest absolute Gasteiger partial charge is 0.356 e. The van der Waals surface area contributed by atoms with Crippen LogP contribution in [0, 0.1) is 0 Å². The Morgan fingerprint density at radius 3 is 2.44 bits per heavy atom. The molecule has 0 saturated carbocycles. The fourth-order valence-corrected chi connectivity index (χ4v) is 5.17. The number of fused-ring (bicyclic) bond motifs is 1. The van der Waals surface area contributed by atoms with Crippen molar-refractivity contribution in [3.63, 3.8) is 0 Å². The van der Waals surface area contributed by atoms with Crippen molar-refractivity contribution in [3.05, 3.63) is 35.9 Å². The van der Waals surface area contributed by atoms with Crippen LogP contribution in [0.3, 0.4) is 0 Å². The standard InChI is InChI=1S/C23H35N3O/c1-17(2)25(18(3)4)16-14-23(20-11-7-6-8-12-20)21-13-9-10-15-26(21)19(5)24-22(23)27/h6-8,11-12,17-18,21H,9-10,13-16H2,1-5H3/t21-,23-/m1/s1. The van der Waals surface area contributed by atoms with E-state index in [1.54, 1.807) is 0 Å². The molecule has 27 heavy (non-hydrogen) atoms. The minimum atomic E-state index is -0.538. The van der Waals surface area contributed by atoms with Crippen LogP contribution < -0.4 is 0 Å². The van der Waals surface area contributed by atoms with Crippen LogP contribution in [0.15, 0.2) is 35.3 Å². The SMILES string of the molecule is CC1=NC(=O)[C@](CCN(C(C)C)C(C)C)(c2ccccc2)[C@H]2CCCCN12. The molecule has 0 unspecified atom stereocenters. The van der Waals surface area contributed by atoms with Gasteiger partial charge < -0.3 is 4.90 Å². The fourth-order valence-electron chi connectivity index (χ4n) is 5.17. The van der Waals surface area contributed by atoms with Crippen LogP contribution in [-0.2, 0) is 10.2 Å². The summed E-state index contributed by atoms with van der Waals surface area (Å²) in [6, 6.07) is 11.6. The lowest BCUT2D eigenvalue weighted by Gasteiger charge is -2.51. The smallest absolute Gasteiger partial charge is 0.260 e. The second-order valence-corrected chi connectivity index (χ2v) is 8.68. The van der Waals surface area contributed by atoms with Gasteiger partial charge in [0.15, 0.2) is 0 Å². The van der Waals surface area contributed by atoms with E-state index in [0.29, 0.717) is 12.1 Å². The summed E-state index contributed by atoms with van der Waals surface area (Å²) in [6.45, 7) is 12.9. The number of aliphatic imine (C=N–C) groups is 1. The number of hydrogen-bond donors (Lipinski definition) is 0. The number of carbonyl (C=O) groups is 1. The van der Waals surface area contributed by atoms with E-state index in [1.807, 2.05) is 13.0 Å². The first-order valence-electron chi connectivity index (χ1n) is 10.6. The van der Waals surface area contributed by atoms with Gasteiger partial charge in [-0.25, -0.2) is 0 Å². The molecule has 1 amide bonds. The molecule has 4 heteroatoms. The van der Waals surface area contributed by atoms with Gasteiger partial charge in [0.1, 0.15) is 5.84 Å². The zero-order valence-corrected chi connectivity index (χ0v) is 17.6. The Hall–Kier alpha value is -1.68. The molecular weight excluding hydrogens is 334 g/mol. The monoisotopic (exact) mass is 369 g/mol. The van der Waals surface area contributed by atoms with E-state index in [2.05, 4.69) is 66.8 Å². The molecule has 1 aromatic carbocycles. The van der Waals surface area contributed by atoms with E-state index in [-0.39, 0.29) is 11.9 Å². The number of benzene rings is 1. The summed E-state index contributed by atoms with van der Waals surface area (Å²) < 4.78 is 0. The lowest BCUT2D eigenvalue weighted by Crippen LogP contribution is -2.62. The molecule has 0 spiro atoms. The second kappa shape index (κ2) is 8.14. The molecule has 2 atom stereocenters. The number of amidine groups is 1. The number of nitrogens with zero attached hydrogens (tertiary/aromatic N) is 3. The van der Waals surface area contributed by atoms with E-state index in [9.17, 15) is 4.79 Å². The topological polar surface area (TPSA) is 35.9 Å². The van der Waals surface area contributed by atoms with Gasteiger partial charge in [0, 0.05) is 31.2 Å². The maximum absolute atomic E-state index is 13.5. The second-order valence-electron chi connectivity index (χ2n) is 8.68. The zero-order chi connectivity index (χ0) is 19.6. The first-order chi connectivity index (χ1) is 12.9. The van der Waals surface area contributed by atoms with Gasteiger partial charge in [-0.05, 0) is 65.9 Å². The predicted octanol–water partition coefficient (Wildman–Crippen LogP) is 4.25. The minimum Gasteiger partial charge on any atom is -0.356 e. The molecule has 2 aliphatic heterocycles. The average molecular weight is 370 g/mol. The number of hydrogen-bond acceptors (Lipinski definition) is 3. The Morgan fingerprint density at radius 2 is 1.81 bits per heavy atom. The van der Waals surface area contributed by atoms with Gasteiger partial charge in [-0.1, -0.05) is 30.3 Å². The molecule has 148 valence electrons. The van der Waals surface area contributed by atoms with Crippen molar-refractivity contribution in [2.24, 2.45) is 4.99 Å². The van der Waals surface area contributed by atoms with Crippen molar-refractivity contribution >= 4 is 11.7 Å². The van der Waals surface area contributed by atoms with Crippen molar-refractivity contribution in [1.29, 1.82) is 0 Å². The Balaban J connectivity index is 2.04. The van der Waals surface area contributed by atoms with Crippen LogP contribution in [0.5, 0.6) is 0 Å². The number of carbonyl (C=O) groups excluding carboxylic acids is 1. The number of piperidine rings is 1. The average Bonchev–Trinajstić information content (AvgIpc) is 2.64. The van der Waals surface area contributed by atoms with Crippen LogP contribution in [0.1, 0.15) is 65.9 Å². The summed E-state index contributed by atoms with van der Waals surface area (Å²) in [5.74, 6) is 0.961. The van der Waals surface area contributed by atoms with Gasteiger partial charge >= 0.3 is 0 Å². The van der Waals surface area contributed by atoms with Gasteiger partial charge in [0.05, 0.1) is 5.41 Å². The highest BCUT2D eigenvalue weighted by Crippen LogP contribution is 2.43. The Kier molecular flexibility index (Phi) is 6.05. The summed E-state index contributed by atoms with van der Waals surface area (Å²) in [7, 11) is 0. The van der Waals surface area contributed by atoms with Gasteiger partial charge in [-0.15, -0.1) is 0 Å². The van der Waals surface area contributed by atoms with Crippen LogP contribution in [0.4, 0.5) is 0 Å². The van der Waals surface area contributed by atoms with Gasteiger partial charge in [-0.3, -0.25) is 9.69 Å². The summed E-state index contributed by atoms with van der Waals surface area (Å²) in [5.41, 5.74) is 0.596. The van der Waals surface area contributed by atoms with Crippen LogP contribution in [-0.4, -0.2) is 52.8 Å². The predicted molar refractivity (Wildman–Crippen MR) is 112 cm³/mol. The first-order valence-corrected chi connectivity index (χ1v) is 10.6. The molecule has 2 heterocycles. The number of rotatable bonds is 6. The normalized spacial score (nSPS) is 25.9. The van der Waals surface area contributed by atoms with E-state index in [4.69, 9.17) is 0 Å². The van der Waals surface area contributed by atoms with Crippen molar-refractivity contribution in [2.75, 3.05) is 13.1 Å².